The predicted molar refractivity (Wildman–Crippen MR) is 110 cm³/mol. The number of anilines is 1. The molecule has 4 rings (SSSR count). The average Bonchev–Trinajstić information content (AvgIpc) is 3.45. The number of aromatic nitrogens is 2. The Morgan fingerprint density at radius 3 is 2.79 bits per heavy atom. The van der Waals surface area contributed by atoms with Crippen molar-refractivity contribution in [1.82, 2.24) is 15.5 Å². The third-order valence-electron chi connectivity index (χ3n) is 5.11. The van der Waals surface area contributed by atoms with Crippen LogP contribution in [0.2, 0.25) is 0 Å². The van der Waals surface area contributed by atoms with E-state index in [4.69, 9.17) is 4.52 Å². The molecule has 1 amide bonds. The molecule has 2 heterocycles. The second-order valence-corrected chi connectivity index (χ2v) is 7.66. The molecule has 0 atom stereocenters. The molecule has 2 aromatic heterocycles. The van der Waals surface area contributed by atoms with Crippen LogP contribution < -0.4 is 10.6 Å². The van der Waals surface area contributed by atoms with E-state index in [9.17, 15) is 4.79 Å². The van der Waals surface area contributed by atoms with Crippen LogP contribution in [0.1, 0.15) is 72.8 Å². The van der Waals surface area contributed by atoms with Crippen LogP contribution in [0.3, 0.4) is 0 Å². The number of hydrogen-bond acceptors (Lipinski definition) is 5. The maximum Gasteiger partial charge on any atom is 0.259 e. The van der Waals surface area contributed by atoms with E-state index in [2.05, 4.69) is 27.7 Å². The minimum atomic E-state index is -0.150. The minimum Gasteiger partial charge on any atom is -0.335 e. The Bertz CT molecular complexity index is 1000. The number of nitrogens with one attached hydrogen (secondary N) is 2. The summed E-state index contributed by atoms with van der Waals surface area (Å²) in [6.07, 6.45) is 2.21. The van der Waals surface area contributed by atoms with Crippen LogP contribution in [0.4, 0.5) is 5.69 Å². The number of rotatable bonds is 7. The Morgan fingerprint density at radius 1 is 1.29 bits per heavy atom. The van der Waals surface area contributed by atoms with Gasteiger partial charge in [-0.2, -0.15) is 0 Å². The smallest absolute Gasteiger partial charge is 0.259 e. The van der Waals surface area contributed by atoms with Crippen molar-refractivity contribution in [3.8, 4) is 0 Å². The van der Waals surface area contributed by atoms with Crippen LogP contribution in [-0.4, -0.2) is 22.6 Å². The van der Waals surface area contributed by atoms with E-state index < -0.39 is 0 Å². The number of carbonyl (C=O) groups is 1. The summed E-state index contributed by atoms with van der Waals surface area (Å²) in [6, 6.07) is 9.79. The summed E-state index contributed by atoms with van der Waals surface area (Å²) in [7, 11) is 0. The Balaban J connectivity index is 1.73. The van der Waals surface area contributed by atoms with E-state index in [1.54, 1.807) is 0 Å². The van der Waals surface area contributed by atoms with Gasteiger partial charge >= 0.3 is 0 Å². The van der Waals surface area contributed by atoms with Crippen LogP contribution in [0.25, 0.3) is 11.1 Å². The largest absolute Gasteiger partial charge is 0.335 e. The van der Waals surface area contributed by atoms with Crippen LogP contribution in [0, 0.1) is 0 Å². The first-order valence-corrected chi connectivity index (χ1v) is 9.98. The van der Waals surface area contributed by atoms with E-state index in [1.807, 2.05) is 44.2 Å². The highest BCUT2D eigenvalue weighted by atomic mass is 16.5. The number of benzene rings is 1. The molecule has 3 aromatic rings. The van der Waals surface area contributed by atoms with Gasteiger partial charge in [0.05, 0.1) is 16.6 Å². The molecule has 1 aliphatic rings. The van der Waals surface area contributed by atoms with Crippen molar-refractivity contribution in [2.24, 2.45) is 0 Å². The summed E-state index contributed by atoms with van der Waals surface area (Å²) in [4.78, 5) is 17.9. The fraction of sp³-hybridized carbons (Fsp3) is 0.409. The molecule has 1 fully saturated rings. The molecule has 28 heavy (non-hydrogen) atoms. The fourth-order valence-corrected chi connectivity index (χ4v) is 3.40. The van der Waals surface area contributed by atoms with Crippen LogP contribution in [0.5, 0.6) is 0 Å². The van der Waals surface area contributed by atoms with Gasteiger partial charge in [-0.1, -0.05) is 44.1 Å². The SMILES string of the molecule is CCNCc1ccccc1NC(=O)c1cc(C2CC2)nc2onc(C(C)C)c12. The third-order valence-corrected chi connectivity index (χ3v) is 5.11. The highest BCUT2D eigenvalue weighted by Gasteiger charge is 2.29. The Labute approximate surface area is 164 Å². The number of hydrogen-bond donors (Lipinski definition) is 2. The molecular formula is C22H26N4O2. The predicted octanol–water partition coefficient (Wildman–Crippen LogP) is 4.59. The minimum absolute atomic E-state index is 0.141. The van der Waals surface area contributed by atoms with Gasteiger partial charge in [0.25, 0.3) is 11.6 Å². The molecule has 0 aliphatic heterocycles. The quantitative estimate of drug-likeness (QED) is 0.629. The molecule has 146 valence electrons. The summed E-state index contributed by atoms with van der Waals surface area (Å²) >= 11 is 0. The van der Waals surface area contributed by atoms with Gasteiger partial charge < -0.3 is 15.2 Å². The molecule has 1 saturated carbocycles. The van der Waals surface area contributed by atoms with Crippen LogP contribution >= 0.6 is 0 Å². The highest BCUT2D eigenvalue weighted by Crippen LogP contribution is 2.41. The molecule has 2 N–H and O–H groups in total. The van der Waals surface area contributed by atoms with Crippen molar-refractivity contribution in [2.75, 3.05) is 11.9 Å². The zero-order valence-corrected chi connectivity index (χ0v) is 16.6. The number of fused-ring (bicyclic) bond motifs is 1. The number of para-hydroxylation sites is 1. The fourth-order valence-electron chi connectivity index (χ4n) is 3.40. The van der Waals surface area contributed by atoms with Gasteiger partial charge in [-0.15, -0.1) is 0 Å². The van der Waals surface area contributed by atoms with Crippen LogP contribution in [-0.2, 0) is 6.54 Å². The van der Waals surface area contributed by atoms with Crippen molar-refractivity contribution in [3.63, 3.8) is 0 Å². The van der Waals surface area contributed by atoms with Crippen LogP contribution in [0.15, 0.2) is 34.9 Å². The van der Waals surface area contributed by atoms with E-state index in [0.717, 1.165) is 47.4 Å². The second kappa shape index (κ2) is 7.72. The van der Waals surface area contributed by atoms with Gasteiger partial charge in [-0.3, -0.25) is 4.79 Å². The molecule has 1 aromatic carbocycles. The maximum atomic E-state index is 13.3. The van der Waals surface area contributed by atoms with Gasteiger partial charge in [0.1, 0.15) is 0 Å². The van der Waals surface area contributed by atoms with E-state index in [1.165, 1.54) is 0 Å². The monoisotopic (exact) mass is 378 g/mol. The molecule has 6 nitrogen and oxygen atoms in total. The Kier molecular flexibility index (Phi) is 5.13. The lowest BCUT2D eigenvalue weighted by atomic mass is 10.0. The Hall–Kier alpha value is -2.73. The van der Waals surface area contributed by atoms with Gasteiger partial charge in [-0.25, -0.2) is 4.98 Å². The topological polar surface area (TPSA) is 80.0 Å². The number of pyridine rings is 1. The molecule has 1 aliphatic carbocycles. The van der Waals surface area contributed by atoms with Gasteiger partial charge in [0.15, 0.2) is 0 Å². The number of nitrogens with zero attached hydrogens (tertiary/aromatic N) is 2. The van der Waals surface area contributed by atoms with E-state index in [-0.39, 0.29) is 11.8 Å². The molecule has 0 bridgehead atoms. The lowest BCUT2D eigenvalue weighted by molar-refractivity contribution is 0.102. The van der Waals surface area contributed by atoms with Gasteiger partial charge in [0.2, 0.25) is 0 Å². The molecule has 0 radical (unpaired) electrons. The first-order chi connectivity index (χ1) is 13.6. The summed E-state index contributed by atoms with van der Waals surface area (Å²) in [5.41, 5.74) is 4.61. The molecular weight excluding hydrogens is 352 g/mol. The lowest BCUT2D eigenvalue weighted by Gasteiger charge is -2.13. The lowest BCUT2D eigenvalue weighted by Crippen LogP contribution is -2.18. The van der Waals surface area contributed by atoms with Crippen molar-refractivity contribution < 1.29 is 9.32 Å². The van der Waals surface area contributed by atoms with Crippen molar-refractivity contribution in [1.29, 1.82) is 0 Å². The molecule has 6 heteroatoms. The average molecular weight is 378 g/mol. The summed E-state index contributed by atoms with van der Waals surface area (Å²) in [6.45, 7) is 7.72. The van der Waals surface area contributed by atoms with Gasteiger partial charge in [0, 0.05) is 23.8 Å². The molecule has 0 spiro atoms. The maximum absolute atomic E-state index is 13.3. The van der Waals surface area contributed by atoms with Crippen molar-refractivity contribution in [2.45, 2.75) is 52.0 Å². The first-order valence-electron chi connectivity index (χ1n) is 9.98. The van der Waals surface area contributed by atoms with E-state index >= 15 is 0 Å². The number of amides is 1. The second-order valence-electron chi connectivity index (χ2n) is 7.66. The van der Waals surface area contributed by atoms with Crippen molar-refractivity contribution >= 4 is 22.7 Å². The normalized spacial score (nSPS) is 14.0. The van der Waals surface area contributed by atoms with Gasteiger partial charge in [-0.05, 0) is 43.0 Å². The third kappa shape index (κ3) is 3.64. The molecule has 0 unspecified atom stereocenters. The summed E-state index contributed by atoms with van der Waals surface area (Å²) in [5.74, 6) is 0.412. The highest BCUT2D eigenvalue weighted by molar-refractivity contribution is 6.12. The van der Waals surface area contributed by atoms with Crippen molar-refractivity contribution in [3.05, 3.63) is 52.8 Å². The zero-order valence-electron chi connectivity index (χ0n) is 16.6. The molecule has 0 saturated heterocycles. The Morgan fingerprint density at radius 2 is 2.07 bits per heavy atom. The number of carbonyl (C=O) groups excluding carboxylic acids is 1. The zero-order chi connectivity index (χ0) is 19.7. The summed E-state index contributed by atoms with van der Waals surface area (Å²) in [5, 5.41) is 11.3. The van der Waals surface area contributed by atoms with E-state index in [0.29, 0.717) is 23.7 Å². The standard InChI is InChI=1S/C22H26N4O2/c1-4-23-12-15-7-5-6-8-17(15)24-21(27)16-11-18(14-9-10-14)25-22-19(16)20(13(2)3)26-28-22/h5-8,11,13-14,23H,4,9-10,12H2,1-3H3,(H,24,27). The summed E-state index contributed by atoms with van der Waals surface area (Å²) < 4.78 is 5.50. The first kappa shape index (κ1) is 18.6.